The summed E-state index contributed by atoms with van der Waals surface area (Å²) in [6, 6.07) is 10.5. The fourth-order valence-electron chi connectivity index (χ4n) is 3.06. The number of para-hydroxylation sites is 1. The van der Waals surface area contributed by atoms with E-state index < -0.39 is 0 Å². The molecule has 4 rings (SSSR count). The average Bonchev–Trinajstić information content (AvgIpc) is 3.01. The van der Waals surface area contributed by atoms with Crippen molar-refractivity contribution in [3.63, 3.8) is 0 Å². The van der Waals surface area contributed by atoms with E-state index in [0.717, 1.165) is 16.6 Å². The third-order valence-corrected chi connectivity index (χ3v) is 4.20. The molecule has 0 bridgehead atoms. The lowest BCUT2D eigenvalue weighted by Gasteiger charge is -2.18. The molecule has 0 aliphatic carbocycles. The highest BCUT2D eigenvalue weighted by atomic mass is 16.2. The van der Waals surface area contributed by atoms with Gasteiger partial charge in [-0.15, -0.1) is 0 Å². The van der Waals surface area contributed by atoms with E-state index in [1.54, 1.807) is 17.2 Å². The van der Waals surface area contributed by atoms with Crippen molar-refractivity contribution in [2.45, 2.75) is 12.5 Å². The molecule has 2 N–H and O–H groups in total. The molecule has 1 unspecified atom stereocenters. The first-order valence-electron chi connectivity index (χ1n) is 8.19. The number of carbonyl (C=O) groups excluding carboxylic acids is 2. The Bertz CT molecular complexity index is 957. The first kappa shape index (κ1) is 15.9. The molecule has 8 nitrogen and oxygen atoms in total. The van der Waals surface area contributed by atoms with Crippen molar-refractivity contribution in [2.24, 2.45) is 0 Å². The third kappa shape index (κ3) is 3.16. The van der Waals surface area contributed by atoms with Crippen molar-refractivity contribution in [3.8, 4) is 0 Å². The van der Waals surface area contributed by atoms with Crippen molar-refractivity contribution in [1.29, 1.82) is 0 Å². The molecule has 0 spiro atoms. The van der Waals surface area contributed by atoms with Crippen LogP contribution >= 0.6 is 0 Å². The molecule has 1 aromatic carbocycles. The summed E-state index contributed by atoms with van der Waals surface area (Å²) in [5.74, 6) is -0.0426. The number of amides is 3. The molecular weight excluding hydrogens is 332 g/mol. The van der Waals surface area contributed by atoms with E-state index in [1.165, 1.54) is 12.4 Å². The van der Waals surface area contributed by atoms with E-state index in [1.807, 2.05) is 30.3 Å². The van der Waals surface area contributed by atoms with Crippen LogP contribution in [0.15, 0.2) is 55.0 Å². The number of fused-ring (bicyclic) bond motifs is 1. The first-order valence-corrected chi connectivity index (χ1v) is 8.19. The van der Waals surface area contributed by atoms with Gasteiger partial charge in [-0.05, 0) is 18.2 Å². The smallest absolute Gasteiger partial charge is 0.319 e. The standard InChI is InChI=1S/C18H16N6O2/c25-16-9-14(23-18(26)22-13-6-8-20-21-10-13)11-24(16)15-5-1-3-12-4-2-7-19-17(12)15/h1-8,10,14H,9,11H2,(H2,20,22,23,26). The summed E-state index contributed by atoms with van der Waals surface area (Å²) in [6.07, 6.45) is 4.89. The van der Waals surface area contributed by atoms with Crippen LogP contribution in [0.3, 0.4) is 0 Å². The summed E-state index contributed by atoms with van der Waals surface area (Å²) in [5, 5.41) is 13.8. The lowest BCUT2D eigenvalue weighted by molar-refractivity contribution is -0.117. The number of benzene rings is 1. The van der Waals surface area contributed by atoms with Crippen LogP contribution in [0, 0.1) is 0 Å². The normalized spacial score (nSPS) is 16.7. The van der Waals surface area contributed by atoms with Crippen molar-refractivity contribution in [2.75, 3.05) is 16.8 Å². The monoisotopic (exact) mass is 348 g/mol. The maximum Gasteiger partial charge on any atom is 0.319 e. The van der Waals surface area contributed by atoms with E-state index in [-0.39, 0.29) is 24.4 Å². The Morgan fingerprint density at radius 2 is 2.00 bits per heavy atom. The van der Waals surface area contributed by atoms with Crippen LogP contribution in [-0.2, 0) is 4.79 Å². The van der Waals surface area contributed by atoms with Gasteiger partial charge in [0.05, 0.1) is 35.3 Å². The van der Waals surface area contributed by atoms with Crippen LogP contribution in [0.5, 0.6) is 0 Å². The van der Waals surface area contributed by atoms with Gasteiger partial charge in [-0.2, -0.15) is 10.2 Å². The minimum absolute atomic E-state index is 0.0426. The lowest BCUT2D eigenvalue weighted by atomic mass is 10.2. The molecule has 26 heavy (non-hydrogen) atoms. The molecule has 0 saturated carbocycles. The molecule has 3 aromatic rings. The van der Waals surface area contributed by atoms with Crippen molar-refractivity contribution in [3.05, 3.63) is 55.0 Å². The zero-order chi connectivity index (χ0) is 17.9. The fraction of sp³-hybridized carbons (Fsp3) is 0.167. The second kappa shape index (κ2) is 6.75. The van der Waals surface area contributed by atoms with Crippen LogP contribution in [-0.4, -0.2) is 39.7 Å². The molecule has 2 aromatic heterocycles. The Kier molecular flexibility index (Phi) is 4.14. The summed E-state index contributed by atoms with van der Waals surface area (Å²) in [6.45, 7) is 0.399. The Morgan fingerprint density at radius 1 is 1.12 bits per heavy atom. The molecule has 0 radical (unpaired) electrons. The summed E-state index contributed by atoms with van der Waals surface area (Å²) < 4.78 is 0. The number of pyridine rings is 1. The molecule has 1 aliphatic rings. The van der Waals surface area contributed by atoms with Gasteiger partial charge in [-0.25, -0.2) is 4.79 Å². The van der Waals surface area contributed by atoms with Crippen LogP contribution in [0.4, 0.5) is 16.2 Å². The Morgan fingerprint density at radius 3 is 2.85 bits per heavy atom. The topological polar surface area (TPSA) is 100 Å². The van der Waals surface area contributed by atoms with Gasteiger partial charge in [-0.3, -0.25) is 9.78 Å². The van der Waals surface area contributed by atoms with Gasteiger partial charge >= 0.3 is 6.03 Å². The second-order valence-electron chi connectivity index (χ2n) is 5.99. The van der Waals surface area contributed by atoms with Crippen LogP contribution in [0.2, 0.25) is 0 Å². The molecule has 8 heteroatoms. The fourth-order valence-corrected chi connectivity index (χ4v) is 3.06. The maximum absolute atomic E-state index is 12.5. The third-order valence-electron chi connectivity index (χ3n) is 4.20. The molecule has 3 amide bonds. The predicted molar refractivity (Wildman–Crippen MR) is 96.7 cm³/mol. The number of hydrogen-bond acceptors (Lipinski definition) is 5. The Balaban J connectivity index is 1.47. The largest absolute Gasteiger partial charge is 0.333 e. The number of hydrogen-bond donors (Lipinski definition) is 2. The van der Waals surface area contributed by atoms with Gasteiger partial charge in [0.15, 0.2) is 0 Å². The molecular formula is C18H16N6O2. The first-order chi connectivity index (χ1) is 12.7. The Labute approximate surface area is 149 Å². The minimum Gasteiger partial charge on any atom is -0.333 e. The number of aromatic nitrogens is 3. The van der Waals surface area contributed by atoms with Crippen molar-refractivity contribution < 1.29 is 9.59 Å². The molecule has 1 fully saturated rings. The van der Waals surface area contributed by atoms with Gasteiger partial charge in [0.1, 0.15) is 0 Å². The number of nitrogens with zero attached hydrogens (tertiary/aromatic N) is 4. The SMILES string of the molecule is O=C(Nc1ccnnc1)NC1CC(=O)N(c2cccc3cccnc23)C1. The van der Waals surface area contributed by atoms with E-state index in [9.17, 15) is 9.59 Å². The molecule has 1 aliphatic heterocycles. The number of rotatable bonds is 3. The summed E-state index contributed by atoms with van der Waals surface area (Å²) in [4.78, 5) is 30.7. The second-order valence-corrected chi connectivity index (χ2v) is 5.99. The van der Waals surface area contributed by atoms with E-state index >= 15 is 0 Å². The van der Waals surface area contributed by atoms with Gasteiger partial charge in [0.25, 0.3) is 0 Å². The van der Waals surface area contributed by atoms with Gasteiger partial charge in [0.2, 0.25) is 5.91 Å². The number of nitrogens with one attached hydrogen (secondary N) is 2. The predicted octanol–water partition coefficient (Wildman–Crippen LogP) is 1.95. The van der Waals surface area contributed by atoms with E-state index in [0.29, 0.717) is 12.2 Å². The van der Waals surface area contributed by atoms with Crippen LogP contribution < -0.4 is 15.5 Å². The van der Waals surface area contributed by atoms with Gasteiger partial charge in [-0.1, -0.05) is 18.2 Å². The molecule has 130 valence electrons. The highest BCUT2D eigenvalue weighted by molar-refractivity contribution is 6.04. The number of urea groups is 1. The van der Waals surface area contributed by atoms with Gasteiger partial charge < -0.3 is 15.5 Å². The molecule has 1 saturated heterocycles. The summed E-state index contributed by atoms with van der Waals surface area (Å²) in [5.41, 5.74) is 2.07. The lowest BCUT2D eigenvalue weighted by Crippen LogP contribution is -2.39. The molecule has 3 heterocycles. The molecule has 1 atom stereocenters. The van der Waals surface area contributed by atoms with Crippen molar-refractivity contribution >= 4 is 34.2 Å². The highest BCUT2D eigenvalue weighted by Gasteiger charge is 2.32. The Hall–Kier alpha value is -3.55. The summed E-state index contributed by atoms with van der Waals surface area (Å²) in [7, 11) is 0. The number of anilines is 2. The summed E-state index contributed by atoms with van der Waals surface area (Å²) >= 11 is 0. The van der Waals surface area contributed by atoms with Crippen molar-refractivity contribution in [1.82, 2.24) is 20.5 Å². The quantitative estimate of drug-likeness (QED) is 0.753. The maximum atomic E-state index is 12.5. The van der Waals surface area contributed by atoms with Crippen LogP contribution in [0.1, 0.15) is 6.42 Å². The van der Waals surface area contributed by atoms with E-state index in [4.69, 9.17) is 0 Å². The minimum atomic E-state index is -0.381. The number of carbonyl (C=O) groups is 2. The average molecular weight is 348 g/mol. The highest BCUT2D eigenvalue weighted by Crippen LogP contribution is 2.28. The zero-order valence-corrected chi connectivity index (χ0v) is 13.8. The zero-order valence-electron chi connectivity index (χ0n) is 13.8. The van der Waals surface area contributed by atoms with E-state index in [2.05, 4.69) is 25.8 Å². The van der Waals surface area contributed by atoms with Gasteiger partial charge in [0, 0.05) is 24.5 Å². The van der Waals surface area contributed by atoms with Crippen LogP contribution in [0.25, 0.3) is 10.9 Å².